The smallest absolute Gasteiger partial charge is 0.267 e. The average molecular weight is 303 g/mol. The van der Waals surface area contributed by atoms with Crippen LogP contribution in [-0.2, 0) is 5.41 Å². The number of hydrogen-bond acceptors (Lipinski definition) is 5. The summed E-state index contributed by atoms with van der Waals surface area (Å²) in [5.74, 6) is 1.58. The Morgan fingerprint density at radius 3 is 2.41 bits per heavy atom. The summed E-state index contributed by atoms with van der Waals surface area (Å²) in [6.07, 6.45) is -0.366. The van der Waals surface area contributed by atoms with Gasteiger partial charge in [0.05, 0.1) is 0 Å². The van der Waals surface area contributed by atoms with Crippen molar-refractivity contribution in [3.8, 4) is 5.75 Å². The molecule has 22 heavy (non-hydrogen) atoms. The van der Waals surface area contributed by atoms with Gasteiger partial charge in [0.2, 0.25) is 0 Å². The number of nitrogens with one attached hydrogen (secondary N) is 1. The molecule has 1 amide bonds. The van der Waals surface area contributed by atoms with Crippen molar-refractivity contribution in [2.24, 2.45) is 0 Å². The Morgan fingerprint density at radius 2 is 1.91 bits per heavy atom. The van der Waals surface area contributed by atoms with Crippen molar-refractivity contribution in [1.82, 2.24) is 15.5 Å². The molecule has 6 nitrogen and oxygen atoms in total. The average Bonchev–Trinajstić information content (AvgIpc) is 2.97. The van der Waals surface area contributed by atoms with E-state index in [0.717, 1.165) is 0 Å². The first kappa shape index (κ1) is 16.0. The molecule has 1 aromatic heterocycles. The predicted octanol–water partition coefficient (Wildman–Crippen LogP) is 2.87. The maximum atomic E-state index is 11.5. The number of benzene rings is 1. The van der Waals surface area contributed by atoms with Crippen LogP contribution in [-0.4, -0.2) is 23.1 Å². The highest BCUT2D eigenvalue weighted by Gasteiger charge is 2.23. The topological polar surface area (TPSA) is 77.2 Å². The highest BCUT2D eigenvalue weighted by molar-refractivity contribution is 5.94. The molecule has 0 spiro atoms. The molecule has 0 bridgehead atoms. The maximum Gasteiger partial charge on any atom is 0.267 e. The normalized spacial score (nSPS) is 12.8. The molecule has 6 heteroatoms. The van der Waals surface area contributed by atoms with Gasteiger partial charge in [-0.25, -0.2) is 0 Å². The van der Waals surface area contributed by atoms with Gasteiger partial charge in [0.25, 0.3) is 11.8 Å². The molecular formula is C16H21N3O3. The van der Waals surface area contributed by atoms with Crippen molar-refractivity contribution in [2.45, 2.75) is 39.2 Å². The summed E-state index contributed by atoms with van der Waals surface area (Å²) < 4.78 is 11.0. The van der Waals surface area contributed by atoms with Crippen molar-refractivity contribution < 1.29 is 14.1 Å². The summed E-state index contributed by atoms with van der Waals surface area (Å²) in [6.45, 7) is 7.90. The number of hydrogen-bond donors (Lipinski definition) is 1. The first-order valence-electron chi connectivity index (χ1n) is 7.14. The van der Waals surface area contributed by atoms with E-state index in [9.17, 15) is 4.79 Å². The van der Waals surface area contributed by atoms with E-state index in [0.29, 0.717) is 23.0 Å². The zero-order valence-electron chi connectivity index (χ0n) is 13.5. The molecule has 0 saturated heterocycles. The van der Waals surface area contributed by atoms with Crippen molar-refractivity contribution in [2.75, 3.05) is 7.05 Å². The first-order chi connectivity index (χ1) is 10.3. The number of aromatic nitrogens is 2. The third kappa shape index (κ3) is 3.63. The lowest BCUT2D eigenvalue weighted by molar-refractivity contribution is 0.0963. The van der Waals surface area contributed by atoms with Crippen LogP contribution in [0.5, 0.6) is 5.75 Å². The van der Waals surface area contributed by atoms with Gasteiger partial charge in [-0.2, -0.15) is 4.98 Å². The molecule has 1 heterocycles. The Balaban J connectivity index is 2.07. The fourth-order valence-electron chi connectivity index (χ4n) is 1.79. The van der Waals surface area contributed by atoms with Crippen LogP contribution in [0.4, 0.5) is 0 Å². The van der Waals surface area contributed by atoms with Crippen LogP contribution in [0, 0.1) is 0 Å². The van der Waals surface area contributed by atoms with E-state index in [4.69, 9.17) is 9.26 Å². The molecule has 0 aliphatic carbocycles. The molecule has 1 atom stereocenters. The van der Waals surface area contributed by atoms with Gasteiger partial charge in [0.1, 0.15) is 5.75 Å². The second-order valence-corrected chi connectivity index (χ2v) is 6.07. The van der Waals surface area contributed by atoms with Crippen LogP contribution in [0.1, 0.15) is 55.9 Å². The van der Waals surface area contributed by atoms with Crippen LogP contribution < -0.4 is 10.1 Å². The van der Waals surface area contributed by atoms with Gasteiger partial charge in [0.15, 0.2) is 11.9 Å². The van der Waals surface area contributed by atoms with Crippen molar-refractivity contribution in [3.63, 3.8) is 0 Å². The Bertz CT molecular complexity index is 641. The van der Waals surface area contributed by atoms with Gasteiger partial charge in [-0.1, -0.05) is 25.9 Å². The summed E-state index contributed by atoms with van der Waals surface area (Å²) in [5.41, 5.74) is 0.409. The van der Waals surface area contributed by atoms with E-state index in [1.54, 1.807) is 31.3 Å². The lowest BCUT2D eigenvalue weighted by Crippen LogP contribution is -2.17. The third-order valence-corrected chi connectivity index (χ3v) is 3.12. The van der Waals surface area contributed by atoms with Gasteiger partial charge < -0.3 is 14.6 Å². The van der Waals surface area contributed by atoms with Gasteiger partial charge in [-0.3, -0.25) is 4.79 Å². The molecule has 118 valence electrons. The second-order valence-electron chi connectivity index (χ2n) is 6.07. The molecule has 0 aliphatic heterocycles. The Kier molecular flexibility index (Phi) is 4.49. The van der Waals surface area contributed by atoms with E-state index in [2.05, 4.69) is 15.5 Å². The van der Waals surface area contributed by atoms with Crippen LogP contribution >= 0.6 is 0 Å². The number of nitrogens with zero attached hydrogens (tertiary/aromatic N) is 2. The predicted molar refractivity (Wildman–Crippen MR) is 81.9 cm³/mol. The molecule has 0 saturated carbocycles. The lowest BCUT2D eigenvalue weighted by atomic mass is 9.96. The number of amides is 1. The number of carbonyl (C=O) groups is 1. The van der Waals surface area contributed by atoms with Gasteiger partial charge in [-0.05, 0) is 31.2 Å². The summed E-state index contributed by atoms with van der Waals surface area (Å²) in [7, 11) is 1.59. The fourth-order valence-corrected chi connectivity index (χ4v) is 1.79. The SMILES string of the molecule is CNC(=O)c1ccc(OC(C)c2nc(C(C)(C)C)no2)cc1. The Morgan fingerprint density at radius 1 is 1.27 bits per heavy atom. The Labute approximate surface area is 129 Å². The van der Waals surface area contributed by atoms with Gasteiger partial charge in [-0.15, -0.1) is 0 Å². The fraction of sp³-hybridized carbons (Fsp3) is 0.438. The van der Waals surface area contributed by atoms with Crippen molar-refractivity contribution in [3.05, 3.63) is 41.5 Å². The number of ether oxygens (including phenoxy) is 1. The summed E-state index contributed by atoms with van der Waals surface area (Å²) in [5, 5.41) is 6.55. The van der Waals surface area contributed by atoms with Gasteiger partial charge >= 0.3 is 0 Å². The second kappa shape index (κ2) is 6.17. The molecule has 0 aliphatic rings. The molecular weight excluding hydrogens is 282 g/mol. The molecule has 2 aromatic rings. The monoisotopic (exact) mass is 303 g/mol. The van der Waals surface area contributed by atoms with Crippen LogP contribution in [0.3, 0.4) is 0 Å². The van der Waals surface area contributed by atoms with Crippen LogP contribution in [0.2, 0.25) is 0 Å². The maximum absolute atomic E-state index is 11.5. The zero-order valence-corrected chi connectivity index (χ0v) is 13.5. The summed E-state index contributed by atoms with van der Waals surface area (Å²) in [4.78, 5) is 15.8. The lowest BCUT2D eigenvalue weighted by Gasteiger charge is -2.12. The zero-order chi connectivity index (χ0) is 16.3. The van der Waals surface area contributed by atoms with E-state index in [1.165, 1.54) is 0 Å². The quantitative estimate of drug-likeness (QED) is 0.939. The standard InChI is InChI=1S/C16H21N3O3/c1-10(14-18-15(19-22-14)16(2,3)4)21-12-8-6-11(7-9-12)13(20)17-5/h6-10H,1-5H3,(H,17,20). The third-order valence-electron chi connectivity index (χ3n) is 3.12. The van der Waals surface area contributed by atoms with Crippen LogP contribution in [0.25, 0.3) is 0 Å². The largest absolute Gasteiger partial charge is 0.481 e. The van der Waals surface area contributed by atoms with Crippen LogP contribution in [0.15, 0.2) is 28.8 Å². The van der Waals surface area contributed by atoms with Gasteiger partial charge in [0, 0.05) is 18.0 Å². The molecule has 0 radical (unpaired) electrons. The molecule has 1 N–H and O–H groups in total. The van der Waals surface area contributed by atoms with E-state index in [1.807, 2.05) is 27.7 Å². The number of carbonyl (C=O) groups excluding carboxylic acids is 1. The molecule has 2 rings (SSSR count). The highest BCUT2D eigenvalue weighted by Crippen LogP contribution is 2.24. The van der Waals surface area contributed by atoms with E-state index >= 15 is 0 Å². The minimum absolute atomic E-state index is 0.133. The molecule has 1 unspecified atom stereocenters. The van der Waals surface area contributed by atoms with Crippen molar-refractivity contribution in [1.29, 1.82) is 0 Å². The Hall–Kier alpha value is -2.37. The summed E-state index contributed by atoms with van der Waals surface area (Å²) >= 11 is 0. The molecule has 1 aromatic carbocycles. The highest BCUT2D eigenvalue weighted by atomic mass is 16.5. The number of rotatable bonds is 4. The minimum Gasteiger partial charge on any atom is -0.481 e. The first-order valence-corrected chi connectivity index (χ1v) is 7.14. The van der Waals surface area contributed by atoms with E-state index < -0.39 is 0 Å². The minimum atomic E-state index is -0.366. The van der Waals surface area contributed by atoms with Crippen molar-refractivity contribution >= 4 is 5.91 Å². The molecule has 0 fully saturated rings. The van der Waals surface area contributed by atoms with E-state index in [-0.39, 0.29) is 17.4 Å². The summed E-state index contributed by atoms with van der Waals surface area (Å²) in [6, 6.07) is 6.88.